The van der Waals surface area contributed by atoms with E-state index in [9.17, 15) is 4.79 Å². The van der Waals surface area contributed by atoms with Crippen LogP contribution in [0.2, 0.25) is 5.02 Å². The Labute approximate surface area is 153 Å². The molecule has 0 fully saturated rings. The van der Waals surface area contributed by atoms with Gasteiger partial charge in [-0.3, -0.25) is 4.79 Å². The van der Waals surface area contributed by atoms with Crippen molar-refractivity contribution in [2.24, 2.45) is 0 Å². The Kier molecular flexibility index (Phi) is 5.30. The SMILES string of the molecule is Cc1cc(C)n(-c2ccc(SCC(=O)Nc3ccc(Cl)cn3)nn2)n1. The Morgan fingerprint density at radius 1 is 1.24 bits per heavy atom. The van der Waals surface area contributed by atoms with E-state index in [1.54, 1.807) is 16.8 Å². The standard InChI is InChI=1S/C16H15ClN6OS/c1-10-7-11(2)23(22-10)14-5-6-16(21-20-14)25-9-15(24)19-13-4-3-12(17)8-18-13/h3-8H,9H2,1-2H3,(H,18,19,24). The lowest BCUT2D eigenvalue weighted by Gasteiger charge is -2.05. The fourth-order valence-corrected chi connectivity index (χ4v) is 2.86. The fourth-order valence-electron chi connectivity index (χ4n) is 2.13. The average Bonchev–Trinajstić information content (AvgIpc) is 2.94. The number of carbonyl (C=O) groups excluding carboxylic acids is 1. The molecule has 0 saturated carbocycles. The van der Waals surface area contributed by atoms with Crippen molar-refractivity contribution < 1.29 is 4.79 Å². The monoisotopic (exact) mass is 374 g/mol. The summed E-state index contributed by atoms with van der Waals surface area (Å²) >= 11 is 7.05. The summed E-state index contributed by atoms with van der Waals surface area (Å²) in [4.78, 5) is 16.0. The summed E-state index contributed by atoms with van der Waals surface area (Å²) in [5.41, 5.74) is 1.91. The van der Waals surface area contributed by atoms with Gasteiger partial charge >= 0.3 is 0 Å². The van der Waals surface area contributed by atoms with E-state index >= 15 is 0 Å². The first-order valence-corrected chi connectivity index (χ1v) is 8.79. The van der Waals surface area contributed by atoms with Crippen molar-refractivity contribution in [1.29, 1.82) is 0 Å². The topological polar surface area (TPSA) is 85.6 Å². The Balaban J connectivity index is 1.57. The van der Waals surface area contributed by atoms with Crippen LogP contribution in [0.15, 0.2) is 41.6 Å². The van der Waals surface area contributed by atoms with Crippen molar-refractivity contribution in [3.63, 3.8) is 0 Å². The van der Waals surface area contributed by atoms with Crippen LogP contribution in [0.5, 0.6) is 0 Å². The number of aromatic nitrogens is 5. The molecule has 0 atom stereocenters. The number of hydrogen-bond acceptors (Lipinski definition) is 6. The van der Waals surface area contributed by atoms with E-state index in [1.165, 1.54) is 18.0 Å². The number of rotatable bonds is 5. The normalized spacial score (nSPS) is 10.7. The molecule has 128 valence electrons. The smallest absolute Gasteiger partial charge is 0.235 e. The largest absolute Gasteiger partial charge is 0.310 e. The van der Waals surface area contributed by atoms with Gasteiger partial charge in [0.25, 0.3) is 0 Å². The number of carbonyl (C=O) groups is 1. The van der Waals surface area contributed by atoms with Crippen molar-refractivity contribution in [3.05, 3.63) is 52.9 Å². The molecular weight excluding hydrogens is 360 g/mol. The van der Waals surface area contributed by atoms with E-state index in [4.69, 9.17) is 11.6 Å². The second-order valence-corrected chi connectivity index (χ2v) is 6.70. The molecule has 7 nitrogen and oxygen atoms in total. The first kappa shape index (κ1) is 17.4. The molecule has 3 aromatic rings. The fraction of sp³-hybridized carbons (Fsp3) is 0.188. The zero-order valence-electron chi connectivity index (χ0n) is 13.6. The predicted octanol–water partition coefficient (Wildman–Crippen LogP) is 3.06. The van der Waals surface area contributed by atoms with E-state index < -0.39 is 0 Å². The van der Waals surface area contributed by atoms with Gasteiger partial charge in [-0.2, -0.15) is 5.10 Å². The molecule has 25 heavy (non-hydrogen) atoms. The van der Waals surface area contributed by atoms with Crippen LogP contribution in [0.3, 0.4) is 0 Å². The maximum Gasteiger partial charge on any atom is 0.235 e. The highest BCUT2D eigenvalue weighted by molar-refractivity contribution is 7.99. The molecule has 0 saturated heterocycles. The van der Waals surface area contributed by atoms with Crippen LogP contribution in [-0.4, -0.2) is 36.6 Å². The van der Waals surface area contributed by atoms with Gasteiger partial charge in [-0.1, -0.05) is 23.4 Å². The first-order chi connectivity index (χ1) is 12.0. The van der Waals surface area contributed by atoms with Gasteiger partial charge in [0.05, 0.1) is 16.5 Å². The average molecular weight is 375 g/mol. The molecule has 0 unspecified atom stereocenters. The van der Waals surface area contributed by atoms with Crippen LogP contribution < -0.4 is 5.32 Å². The van der Waals surface area contributed by atoms with E-state index in [1.807, 2.05) is 32.0 Å². The summed E-state index contributed by atoms with van der Waals surface area (Å²) in [5.74, 6) is 1.13. The minimum absolute atomic E-state index is 0.177. The summed E-state index contributed by atoms with van der Waals surface area (Å²) in [7, 11) is 0. The van der Waals surface area contributed by atoms with Crippen LogP contribution in [0.1, 0.15) is 11.4 Å². The minimum atomic E-state index is -0.177. The van der Waals surface area contributed by atoms with Gasteiger partial charge < -0.3 is 5.32 Å². The summed E-state index contributed by atoms with van der Waals surface area (Å²) in [6.45, 7) is 3.88. The molecule has 0 aliphatic rings. The molecule has 3 aromatic heterocycles. The van der Waals surface area contributed by atoms with Crippen LogP contribution in [0, 0.1) is 13.8 Å². The molecule has 0 aliphatic heterocycles. The second kappa shape index (κ2) is 7.62. The molecule has 1 amide bonds. The number of amides is 1. The van der Waals surface area contributed by atoms with Crippen LogP contribution in [0.25, 0.3) is 5.82 Å². The Morgan fingerprint density at radius 3 is 2.68 bits per heavy atom. The highest BCUT2D eigenvalue weighted by Gasteiger charge is 2.08. The number of nitrogens with one attached hydrogen (secondary N) is 1. The maximum absolute atomic E-state index is 11.9. The Hall–Kier alpha value is -2.45. The highest BCUT2D eigenvalue weighted by atomic mass is 35.5. The third-order valence-electron chi connectivity index (χ3n) is 3.20. The molecule has 1 N–H and O–H groups in total. The summed E-state index contributed by atoms with van der Waals surface area (Å²) in [6, 6.07) is 8.93. The number of hydrogen-bond donors (Lipinski definition) is 1. The number of halogens is 1. The quantitative estimate of drug-likeness (QED) is 0.691. The summed E-state index contributed by atoms with van der Waals surface area (Å²) in [5, 5.41) is 16.5. The van der Waals surface area contributed by atoms with Crippen molar-refractivity contribution in [2.45, 2.75) is 18.9 Å². The van der Waals surface area contributed by atoms with Gasteiger partial charge in [0.2, 0.25) is 5.91 Å². The van der Waals surface area contributed by atoms with Gasteiger partial charge in [-0.25, -0.2) is 9.67 Å². The lowest BCUT2D eigenvalue weighted by molar-refractivity contribution is -0.113. The Bertz CT molecular complexity index is 879. The molecule has 0 bridgehead atoms. The maximum atomic E-state index is 11.9. The lowest BCUT2D eigenvalue weighted by atomic mass is 10.4. The van der Waals surface area contributed by atoms with Gasteiger partial charge in [0.1, 0.15) is 10.8 Å². The third kappa shape index (κ3) is 4.55. The number of aryl methyl sites for hydroxylation is 2. The zero-order valence-corrected chi connectivity index (χ0v) is 15.2. The van der Waals surface area contributed by atoms with Crippen LogP contribution in [0.4, 0.5) is 5.82 Å². The van der Waals surface area contributed by atoms with Gasteiger partial charge in [-0.05, 0) is 44.2 Å². The molecule has 0 spiro atoms. The highest BCUT2D eigenvalue weighted by Crippen LogP contribution is 2.17. The summed E-state index contributed by atoms with van der Waals surface area (Å²) in [6.07, 6.45) is 1.48. The van der Waals surface area contributed by atoms with E-state index in [0.717, 1.165) is 11.4 Å². The van der Waals surface area contributed by atoms with Crippen molar-refractivity contribution in [2.75, 3.05) is 11.1 Å². The van der Waals surface area contributed by atoms with Crippen molar-refractivity contribution >= 4 is 35.1 Å². The molecule has 3 heterocycles. The molecule has 0 radical (unpaired) electrons. The van der Waals surface area contributed by atoms with Crippen molar-refractivity contribution in [1.82, 2.24) is 25.0 Å². The predicted molar refractivity (Wildman–Crippen MR) is 97.2 cm³/mol. The zero-order chi connectivity index (χ0) is 17.8. The molecule has 9 heteroatoms. The molecular formula is C16H15ClN6OS. The van der Waals surface area contributed by atoms with Crippen LogP contribution >= 0.6 is 23.4 Å². The first-order valence-electron chi connectivity index (χ1n) is 7.43. The number of anilines is 1. The molecule has 0 aliphatic carbocycles. The van der Waals surface area contributed by atoms with E-state index in [-0.39, 0.29) is 11.7 Å². The van der Waals surface area contributed by atoms with Gasteiger partial charge in [0, 0.05) is 11.9 Å². The van der Waals surface area contributed by atoms with Gasteiger partial charge in [0.15, 0.2) is 5.82 Å². The minimum Gasteiger partial charge on any atom is -0.310 e. The lowest BCUT2D eigenvalue weighted by Crippen LogP contribution is -2.15. The van der Waals surface area contributed by atoms with Crippen LogP contribution in [-0.2, 0) is 4.79 Å². The number of pyridine rings is 1. The second-order valence-electron chi connectivity index (χ2n) is 5.27. The van der Waals surface area contributed by atoms with Crippen molar-refractivity contribution in [3.8, 4) is 5.82 Å². The Morgan fingerprint density at radius 2 is 2.08 bits per heavy atom. The number of nitrogens with zero attached hydrogens (tertiary/aromatic N) is 5. The van der Waals surface area contributed by atoms with E-state index in [2.05, 4.69) is 25.6 Å². The van der Waals surface area contributed by atoms with Gasteiger partial charge in [-0.15, -0.1) is 10.2 Å². The number of thioether (sulfide) groups is 1. The molecule has 0 aromatic carbocycles. The third-order valence-corrected chi connectivity index (χ3v) is 4.34. The summed E-state index contributed by atoms with van der Waals surface area (Å²) < 4.78 is 1.73. The van der Waals surface area contributed by atoms with E-state index in [0.29, 0.717) is 21.7 Å². The molecule has 3 rings (SSSR count).